The summed E-state index contributed by atoms with van der Waals surface area (Å²) in [5.74, 6) is 2.06. The molecule has 0 aliphatic carbocycles. The second-order valence-corrected chi connectivity index (χ2v) is 9.78. The maximum atomic E-state index is 12.3. The minimum absolute atomic E-state index is 0.00230. The largest absolute Gasteiger partial charge is 0.493 e. The summed E-state index contributed by atoms with van der Waals surface area (Å²) in [7, 11) is 0. The van der Waals surface area contributed by atoms with Gasteiger partial charge in [0.2, 0.25) is 0 Å². The highest BCUT2D eigenvalue weighted by Gasteiger charge is 2.11. The average molecular weight is 506 g/mol. The first kappa shape index (κ1) is 25.5. The molecule has 0 aliphatic rings. The van der Waals surface area contributed by atoms with Crippen molar-refractivity contribution in [3.8, 4) is 5.75 Å². The topological polar surface area (TPSA) is 56.2 Å². The number of imidazole rings is 1. The predicted octanol–water partition coefficient (Wildman–Crippen LogP) is 7.11. The summed E-state index contributed by atoms with van der Waals surface area (Å²) in [5, 5.41) is 5.38. The molecule has 1 heterocycles. The number of carbonyl (C=O) groups excluding carboxylic acids is 1. The molecule has 0 fully saturated rings. The van der Waals surface area contributed by atoms with Crippen molar-refractivity contribution in [2.75, 3.05) is 13.2 Å². The third-order valence-corrected chi connectivity index (χ3v) is 6.94. The quantitative estimate of drug-likeness (QED) is 0.184. The van der Waals surface area contributed by atoms with Crippen molar-refractivity contribution < 1.29 is 9.53 Å². The van der Waals surface area contributed by atoms with E-state index in [1.54, 1.807) is 0 Å². The van der Waals surface area contributed by atoms with E-state index < -0.39 is 0 Å². The van der Waals surface area contributed by atoms with Crippen LogP contribution in [-0.2, 0) is 13.0 Å². The molecule has 0 saturated heterocycles. The van der Waals surface area contributed by atoms with E-state index in [0.29, 0.717) is 18.7 Å². The fraction of sp³-hybridized carbons (Fsp3) is 0.273. The van der Waals surface area contributed by atoms with Gasteiger partial charge in [-0.1, -0.05) is 72.6 Å². The monoisotopic (exact) mass is 505 g/mol. The van der Waals surface area contributed by atoms with Gasteiger partial charge < -0.3 is 14.6 Å². The van der Waals surface area contributed by atoms with Gasteiger partial charge in [0, 0.05) is 30.5 Å². The van der Waals surface area contributed by atoms with Gasteiger partial charge in [-0.15, -0.1) is 0 Å². The number of para-hydroxylation sites is 2. The first-order valence-corrected chi connectivity index (χ1v) is 13.6. The lowest BCUT2D eigenvalue weighted by atomic mass is 10.1. The normalized spacial score (nSPS) is 11.2. The van der Waals surface area contributed by atoms with E-state index in [2.05, 4.69) is 58.4 Å². The lowest BCUT2D eigenvalue weighted by Crippen LogP contribution is -2.24. The predicted molar refractivity (Wildman–Crippen MR) is 155 cm³/mol. The zero-order valence-electron chi connectivity index (χ0n) is 22.0. The Labute approximate surface area is 224 Å². The lowest BCUT2D eigenvalue weighted by Gasteiger charge is -2.12. The molecule has 38 heavy (non-hydrogen) atoms. The Morgan fingerprint density at radius 3 is 2.53 bits per heavy atom. The number of unbranched alkanes of at least 4 members (excludes halogenated alkanes) is 2. The first-order valence-electron chi connectivity index (χ1n) is 13.6. The molecule has 1 aromatic heterocycles. The maximum absolute atomic E-state index is 12.3. The summed E-state index contributed by atoms with van der Waals surface area (Å²) in [6.45, 7) is 4.23. The van der Waals surface area contributed by atoms with E-state index >= 15 is 0 Å². The second-order valence-electron chi connectivity index (χ2n) is 9.78. The average Bonchev–Trinajstić information content (AvgIpc) is 3.30. The Morgan fingerprint density at radius 1 is 0.842 bits per heavy atom. The number of nitrogens with one attached hydrogen (secondary N) is 1. The number of aromatic nitrogens is 2. The Hall–Kier alpha value is -4.12. The van der Waals surface area contributed by atoms with Crippen molar-refractivity contribution in [3.05, 3.63) is 108 Å². The molecule has 0 unspecified atom stereocenters. The Bertz CT molecular complexity index is 1500. The minimum atomic E-state index is -0.00230. The maximum Gasteiger partial charge on any atom is 0.251 e. The van der Waals surface area contributed by atoms with Gasteiger partial charge in [0.25, 0.3) is 5.91 Å². The number of benzene rings is 4. The standard InChI is InChI=1S/C33H35N3O2/c1-25-18-20-27(21-19-25)33(37)34-22-8-2-3-17-32-35-29-14-6-7-15-30(29)36(32)23-10-24-38-31-16-9-12-26-11-4-5-13-28(26)31/h4-7,9,11-16,18-21H,2-3,8,10,17,22-24H2,1H3,(H,34,37). The van der Waals surface area contributed by atoms with Crippen LogP contribution in [0, 0.1) is 6.92 Å². The number of carbonyl (C=O) groups is 1. The number of fused-ring (bicyclic) bond motifs is 2. The van der Waals surface area contributed by atoms with Gasteiger partial charge in [-0.25, -0.2) is 4.98 Å². The summed E-state index contributed by atoms with van der Waals surface area (Å²) < 4.78 is 8.53. The van der Waals surface area contributed by atoms with Crippen molar-refractivity contribution >= 4 is 27.7 Å². The van der Waals surface area contributed by atoms with Crippen LogP contribution in [0.5, 0.6) is 5.75 Å². The fourth-order valence-electron chi connectivity index (χ4n) is 4.89. The van der Waals surface area contributed by atoms with Crippen LogP contribution in [0.15, 0.2) is 91.0 Å². The summed E-state index contributed by atoms with van der Waals surface area (Å²) in [4.78, 5) is 17.2. The van der Waals surface area contributed by atoms with Crippen molar-refractivity contribution in [3.63, 3.8) is 0 Å². The molecule has 0 bridgehead atoms. The third-order valence-electron chi connectivity index (χ3n) is 6.94. The molecule has 1 N–H and O–H groups in total. The number of aryl methyl sites for hydroxylation is 3. The fourth-order valence-corrected chi connectivity index (χ4v) is 4.89. The van der Waals surface area contributed by atoms with Crippen LogP contribution >= 0.6 is 0 Å². The van der Waals surface area contributed by atoms with E-state index in [9.17, 15) is 4.79 Å². The van der Waals surface area contributed by atoms with Crippen LogP contribution < -0.4 is 10.1 Å². The summed E-state index contributed by atoms with van der Waals surface area (Å²) >= 11 is 0. The molecule has 5 heteroatoms. The van der Waals surface area contributed by atoms with E-state index in [1.807, 2.05) is 49.4 Å². The first-order chi connectivity index (χ1) is 18.7. The number of amides is 1. The molecule has 0 spiro atoms. The molecule has 0 saturated carbocycles. The zero-order chi connectivity index (χ0) is 26.2. The Balaban J connectivity index is 1.11. The van der Waals surface area contributed by atoms with Crippen molar-refractivity contribution in [2.24, 2.45) is 0 Å². The SMILES string of the molecule is Cc1ccc(C(=O)NCCCCCc2nc3ccccc3n2CCCOc2cccc3ccccc23)cc1. The number of hydrogen-bond acceptors (Lipinski definition) is 3. The van der Waals surface area contributed by atoms with Gasteiger partial charge in [-0.05, 0) is 61.9 Å². The summed E-state index contributed by atoms with van der Waals surface area (Å²) in [6.07, 6.45) is 4.86. The molecule has 0 aliphatic heterocycles. The molecule has 4 aromatic carbocycles. The lowest BCUT2D eigenvalue weighted by molar-refractivity contribution is 0.0953. The summed E-state index contributed by atoms with van der Waals surface area (Å²) in [5.41, 5.74) is 4.10. The van der Waals surface area contributed by atoms with Gasteiger partial charge in [0.15, 0.2) is 0 Å². The highest BCUT2D eigenvalue weighted by molar-refractivity contribution is 5.94. The van der Waals surface area contributed by atoms with Gasteiger partial charge in [-0.3, -0.25) is 4.79 Å². The van der Waals surface area contributed by atoms with Crippen LogP contribution in [0.1, 0.15) is 47.4 Å². The molecule has 0 radical (unpaired) electrons. The van der Waals surface area contributed by atoms with E-state index in [-0.39, 0.29) is 5.91 Å². The highest BCUT2D eigenvalue weighted by atomic mass is 16.5. The molecule has 5 nitrogen and oxygen atoms in total. The summed E-state index contributed by atoms with van der Waals surface area (Å²) in [6, 6.07) is 30.6. The second kappa shape index (κ2) is 12.4. The third kappa shape index (κ3) is 6.23. The van der Waals surface area contributed by atoms with Crippen LogP contribution in [0.3, 0.4) is 0 Å². The van der Waals surface area contributed by atoms with Crippen molar-refractivity contribution in [1.82, 2.24) is 14.9 Å². The Kier molecular flexibility index (Phi) is 8.34. The van der Waals surface area contributed by atoms with Gasteiger partial charge in [-0.2, -0.15) is 0 Å². The molecule has 5 aromatic rings. The molecule has 194 valence electrons. The van der Waals surface area contributed by atoms with E-state index in [4.69, 9.17) is 9.72 Å². The van der Waals surface area contributed by atoms with E-state index in [0.717, 1.165) is 66.7 Å². The van der Waals surface area contributed by atoms with Crippen LogP contribution in [0.2, 0.25) is 0 Å². The number of nitrogens with zero attached hydrogens (tertiary/aromatic N) is 2. The van der Waals surface area contributed by atoms with Crippen LogP contribution in [-0.4, -0.2) is 28.6 Å². The minimum Gasteiger partial charge on any atom is -0.493 e. The van der Waals surface area contributed by atoms with Crippen LogP contribution in [0.25, 0.3) is 21.8 Å². The highest BCUT2D eigenvalue weighted by Crippen LogP contribution is 2.25. The van der Waals surface area contributed by atoms with Gasteiger partial charge >= 0.3 is 0 Å². The zero-order valence-corrected chi connectivity index (χ0v) is 22.0. The smallest absolute Gasteiger partial charge is 0.251 e. The van der Waals surface area contributed by atoms with Crippen molar-refractivity contribution in [2.45, 2.75) is 45.6 Å². The van der Waals surface area contributed by atoms with Gasteiger partial charge in [0.1, 0.15) is 11.6 Å². The Morgan fingerprint density at radius 2 is 1.63 bits per heavy atom. The van der Waals surface area contributed by atoms with Gasteiger partial charge in [0.05, 0.1) is 17.6 Å². The molecular formula is C33H35N3O2. The number of hydrogen-bond donors (Lipinski definition) is 1. The number of rotatable bonds is 12. The molecular weight excluding hydrogens is 470 g/mol. The van der Waals surface area contributed by atoms with Crippen molar-refractivity contribution in [1.29, 1.82) is 0 Å². The van der Waals surface area contributed by atoms with Crippen LogP contribution in [0.4, 0.5) is 0 Å². The molecule has 1 amide bonds. The molecule has 0 atom stereocenters. The molecule has 5 rings (SSSR count). The van der Waals surface area contributed by atoms with E-state index in [1.165, 1.54) is 10.9 Å². The number of ether oxygens (including phenoxy) is 1.